The minimum Gasteiger partial charge on any atom is -0.497 e. The van der Waals surface area contributed by atoms with E-state index in [1.54, 1.807) is 14.2 Å². The Morgan fingerprint density at radius 2 is 1.94 bits per heavy atom. The number of ether oxygens (including phenoxy) is 2. The van der Waals surface area contributed by atoms with Crippen LogP contribution in [0.3, 0.4) is 0 Å². The van der Waals surface area contributed by atoms with Crippen molar-refractivity contribution in [2.45, 2.75) is 6.04 Å². The Hall–Kier alpha value is -1.26. The minimum absolute atomic E-state index is 0.358. The van der Waals surface area contributed by atoms with E-state index in [0.29, 0.717) is 12.0 Å². The van der Waals surface area contributed by atoms with Crippen LogP contribution in [0, 0.1) is 5.92 Å². The highest BCUT2D eigenvalue weighted by Crippen LogP contribution is 2.37. The normalized spacial score (nSPS) is 17.4. The molecule has 0 saturated carbocycles. The highest BCUT2D eigenvalue weighted by Gasteiger charge is 2.32. The summed E-state index contributed by atoms with van der Waals surface area (Å²) in [6.07, 6.45) is 0. The highest BCUT2D eigenvalue weighted by atomic mass is 16.5. The molecule has 18 heavy (non-hydrogen) atoms. The van der Waals surface area contributed by atoms with Crippen LogP contribution in [0.5, 0.6) is 11.5 Å². The third kappa shape index (κ3) is 2.44. The van der Waals surface area contributed by atoms with Crippen molar-refractivity contribution in [2.75, 3.05) is 41.4 Å². The molecule has 0 amide bonds. The Labute approximate surface area is 109 Å². The van der Waals surface area contributed by atoms with Gasteiger partial charge >= 0.3 is 0 Å². The Kier molecular flexibility index (Phi) is 4.09. The quantitative estimate of drug-likeness (QED) is 0.859. The lowest BCUT2D eigenvalue weighted by atomic mass is 9.87. The maximum atomic E-state index is 5.49. The molecule has 1 saturated heterocycles. The van der Waals surface area contributed by atoms with E-state index in [4.69, 9.17) is 9.47 Å². The van der Waals surface area contributed by atoms with Crippen LogP contribution in [0.1, 0.15) is 11.6 Å². The summed E-state index contributed by atoms with van der Waals surface area (Å²) in [5, 5.41) is 3.33. The van der Waals surface area contributed by atoms with E-state index in [-0.39, 0.29) is 0 Å². The first-order valence-corrected chi connectivity index (χ1v) is 6.26. The average molecular weight is 250 g/mol. The van der Waals surface area contributed by atoms with Gasteiger partial charge in [0.2, 0.25) is 0 Å². The minimum atomic E-state index is 0.358. The van der Waals surface area contributed by atoms with Crippen LogP contribution in [0.25, 0.3) is 0 Å². The van der Waals surface area contributed by atoms with Gasteiger partial charge in [-0.1, -0.05) is 0 Å². The third-order valence-corrected chi connectivity index (χ3v) is 3.57. The van der Waals surface area contributed by atoms with Gasteiger partial charge in [0.05, 0.1) is 14.2 Å². The Balaban J connectivity index is 2.37. The highest BCUT2D eigenvalue weighted by molar-refractivity contribution is 5.42. The van der Waals surface area contributed by atoms with Crippen LogP contribution < -0.4 is 14.8 Å². The third-order valence-electron chi connectivity index (χ3n) is 3.57. The van der Waals surface area contributed by atoms with Crippen molar-refractivity contribution in [3.63, 3.8) is 0 Å². The summed E-state index contributed by atoms with van der Waals surface area (Å²) >= 11 is 0. The predicted octanol–water partition coefficient (Wildman–Crippen LogP) is 1.53. The van der Waals surface area contributed by atoms with Gasteiger partial charge in [-0.05, 0) is 32.3 Å². The molecule has 1 atom stereocenters. The van der Waals surface area contributed by atoms with Crippen molar-refractivity contribution in [3.05, 3.63) is 23.8 Å². The molecular formula is C14H22N2O2. The molecule has 1 aliphatic rings. The van der Waals surface area contributed by atoms with E-state index in [9.17, 15) is 0 Å². The van der Waals surface area contributed by atoms with Crippen molar-refractivity contribution >= 4 is 0 Å². The lowest BCUT2D eigenvalue weighted by Gasteiger charge is -2.39. The van der Waals surface area contributed by atoms with E-state index < -0.39 is 0 Å². The second-order valence-electron chi connectivity index (χ2n) is 4.93. The van der Waals surface area contributed by atoms with E-state index in [1.165, 1.54) is 5.56 Å². The number of methoxy groups -OCH3 is 2. The second kappa shape index (κ2) is 5.59. The second-order valence-corrected chi connectivity index (χ2v) is 4.93. The fraction of sp³-hybridized carbons (Fsp3) is 0.571. The summed E-state index contributed by atoms with van der Waals surface area (Å²) < 4.78 is 10.8. The van der Waals surface area contributed by atoms with Crippen LogP contribution in [0.2, 0.25) is 0 Å². The molecule has 4 heteroatoms. The molecule has 0 aliphatic carbocycles. The molecule has 1 unspecified atom stereocenters. The summed E-state index contributed by atoms with van der Waals surface area (Å²) in [5.74, 6) is 2.44. The molecule has 1 aromatic rings. The topological polar surface area (TPSA) is 33.7 Å². The molecule has 1 fully saturated rings. The number of benzene rings is 1. The molecule has 1 heterocycles. The number of rotatable bonds is 5. The zero-order valence-electron chi connectivity index (χ0n) is 11.6. The van der Waals surface area contributed by atoms with Gasteiger partial charge in [-0.15, -0.1) is 0 Å². The van der Waals surface area contributed by atoms with Gasteiger partial charge < -0.3 is 19.7 Å². The van der Waals surface area contributed by atoms with Crippen LogP contribution in [0.15, 0.2) is 18.2 Å². The molecule has 0 bridgehead atoms. The van der Waals surface area contributed by atoms with Gasteiger partial charge in [-0.25, -0.2) is 0 Å². The molecule has 4 nitrogen and oxygen atoms in total. The fourth-order valence-corrected chi connectivity index (χ4v) is 2.56. The first-order chi connectivity index (χ1) is 8.67. The van der Waals surface area contributed by atoms with Gasteiger partial charge in [-0.3, -0.25) is 0 Å². The lowest BCUT2D eigenvalue weighted by molar-refractivity contribution is 0.157. The lowest BCUT2D eigenvalue weighted by Crippen LogP contribution is -2.48. The molecule has 100 valence electrons. The molecule has 1 N–H and O–H groups in total. The van der Waals surface area contributed by atoms with Crippen molar-refractivity contribution in [3.8, 4) is 11.5 Å². The zero-order chi connectivity index (χ0) is 13.1. The van der Waals surface area contributed by atoms with Gasteiger partial charge in [0.15, 0.2) is 0 Å². The molecule has 2 rings (SSSR count). The van der Waals surface area contributed by atoms with Gasteiger partial charge in [0.1, 0.15) is 11.5 Å². The van der Waals surface area contributed by atoms with Crippen molar-refractivity contribution in [1.82, 2.24) is 10.2 Å². The van der Waals surface area contributed by atoms with Gasteiger partial charge in [-0.2, -0.15) is 0 Å². The van der Waals surface area contributed by atoms with E-state index in [0.717, 1.165) is 24.6 Å². The van der Waals surface area contributed by atoms with E-state index in [2.05, 4.69) is 30.4 Å². The summed E-state index contributed by atoms with van der Waals surface area (Å²) in [7, 11) is 7.64. The summed E-state index contributed by atoms with van der Waals surface area (Å²) in [5.41, 5.74) is 1.20. The molecule has 0 radical (unpaired) electrons. The fourth-order valence-electron chi connectivity index (χ4n) is 2.56. The zero-order valence-corrected chi connectivity index (χ0v) is 11.6. The van der Waals surface area contributed by atoms with Gasteiger partial charge in [0, 0.05) is 30.6 Å². The number of hydrogen-bond acceptors (Lipinski definition) is 4. The van der Waals surface area contributed by atoms with Crippen LogP contribution in [-0.2, 0) is 0 Å². The Morgan fingerprint density at radius 1 is 1.22 bits per heavy atom. The summed E-state index contributed by atoms with van der Waals surface area (Å²) in [6, 6.07) is 6.36. The van der Waals surface area contributed by atoms with Gasteiger partial charge in [0.25, 0.3) is 0 Å². The Morgan fingerprint density at radius 3 is 2.39 bits per heavy atom. The standard InChI is InChI=1S/C14H22N2O2/c1-16(2)14(10-8-15-9-10)12-7-11(17-3)5-6-13(12)18-4/h5-7,10,14-15H,8-9H2,1-4H3. The maximum absolute atomic E-state index is 5.49. The van der Waals surface area contributed by atoms with Crippen LogP contribution >= 0.6 is 0 Å². The molecule has 0 aromatic heterocycles. The van der Waals surface area contributed by atoms with Crippen molar-refractivity contribution in [1.29, 1.82) is 0 Å². The smallest absolute Gasteiger partial charge is 0.123 e. The number of nitrogens with zero attached hydrogens (tertiary/aromatic N) is 1. The first-order valence-electron chi connectivity index (χ1n) is 6.26. The Bertz CT molecular complexity index is 403. The van der Waals surface area contributed by atoms with Crippen molar-refractivity contribution < 1.29 is 9.47 Å². The largest absolute Gasteiger partial charge is 0.497 e. The number of hydrogen-bond donors (Lipinski definition) is 1. The maximum Gasteiger partial charge on any atom is 0.123 e. The summed E-state index contributed by atoms with van der Waals surface area (Å²) in [4.78, 5) is 2.25. The SMILES string of the molecule is COc1ccc(OC)c(C(C2CNC2)N(C)C)c1. The number of nitrogens with one attached hydrogen (secondary N) is 1. The first kappa shape index (κ1) is 13.2. The summed E-state index contributed by atoms with van der Waals surface area (Å²) in [6.45, 7) is 2.12. The predicted molar refractivity (Wildman–Crippen MR) is 72.3 cm³/mol. The molecule has 1 aromatic carbocycles. The molecular weight excluding hydrogens is 228 g/mol. The van der Waals surface area contributed by atoms with Crippen molar-refractivity contribution in [2.24, 2.45) is 5.92 Å². The monoisotopic (exact) mass is 250 g/mol. The molecule has 1 aliphatic heterocycles. The van der Waals surface area contributed by atoms with E-state index >= 15 is 0 Å². The van der Waals surface area contributed by atoms with E-state index in [1.807, 2.05) is 12.1 Å². The molecule has 0 spiro atoms. The van der Waals surface area contributed by atoms with Crippen LogP contribution in [0.4, 0.5) is 0 Å². The average Bonchev–Trinajstić information content (AvgIpc) is 2.32. The van der Waals surface area contributed by atoms with Crippen LogP contribution in [-0.4, -0.2) is 46.3 Å².